The molecule has 3 nitrogen and oxygen atoms in total. The monoisotopic (exact) mass is 277 g/mol. The van der Waals surface area contributed by atoms with Gasteiger partial charge in [0.15, 0.2) is 0 Å². The lowest BCUT2D eigenvalue weighted by atomic mass is 10.1. The van der Waals surface area contributed by atoms with Gasteiger partial charge in [0.05, 0.1) is 5.56 Å². The summed E-state index contributed by atoms with van der Waals surface area (Å²) in [5.74, 6) is -1.96. The zero-order valence-electron chi connectivity index (χ0n) is 10.8. The molecule has 0 aromatic heterocycles. The first-order valence-electron chi connectivity index (χ1n) is 5.94. The molecule has 0 fully saturated rings. The van der Waals surface area contributed by atoms with Crippen LogP contribution in [-0.2, 0) is 11.3 Å². The van der Waals surface area contributed by atoms with Crippen LogP contribution in [0, 0.1) is 18.6 Å². The minimum Gasteiger partial charge on any atom is -0.457 e. The molecular weight excluding hydrogens is 264 g/mol. The molecule has 0 saturated heterocycles. The first-order chi connectivity index (χ1) is 9.47. The van der Waals surface area contributed by atoms with E-state index in [2.05, 4.69) is 0 Å². The van der Waals surface area contributed by atoms with Crippen LogP contribution in [0.15, 0.2) is 36.4 Å². The van der Waals surface area contributed by atoms with Gasteiger partial charge < -0.3 is 10.5 Å². The lowest BCUT2D eigenvalue weighted by Gasteiger charge is -2.08. The summed E-state index contributed by atoms with van der Waals surface area (Å²) in [5.41, 5.74) is 6.83. The molecule has 2 aromatic carbocycles. The first-order valence-corrected chi connectivity index (χ1v) is 5.94. The molecule has 0 aliphatic heterocycles. The van der Waals surface area contributed by atoms with E-state index in [4.69, 9.17) is 10.5 Å². The van der Waals surface area contributed by atoms with Crippen molar-refractivity contribution >= 4 is 11.7 Å². The van der Waals surface area contributed by atoms with Gasteiger partial charge >= 0.3 is 5.97 Å². The summed E-state index contributed by atoms with van der Waals surface area (Å²) >= 11 is 0. The fraction of sp³-hybridized carbons (Fsp3) is 0.133. The summed E-state index contributed by atoms with van der Waals surface area (Å²) in [5, 5.41) is 0. The van der Waals surface area contributed by atoms with Crippen molar-refractivity contribution in [2.24, 2.45) is 0 Å². The second-order valence-electron chi connectivity index (χ2n) is 4.39. The molecule has 0 saturated carbocycles. The maximum absolute atomic E-state index is 13.5. The Balaban J connectivity index is 2.12. The zero-order chi connectivity index (χ0) is 14.7. The van der Waals surface area contributed by atoms with E-state index in [1.165, 1.54) is 24.3 Å². The Morgan fingerprint density at radius 3 is 2.70 bits per heavy atom. The van der Waals surface area contributed by atoms with Crippen molar-refractivity contribution in [2.45, 2.75) is 13.5 Å². The summed E-state index contributed by atoms with van der Waals surface area (Å²) in [6, 6.07) is 7.83. The second kappa shape index (κ2) is 5.69. The number of ether oxygens (including phenoxy) is 1. The standard InChI is InChI=1S/C15H13F2NO2/c1-9-2-3-11(16)6-10(9)8-20-15(19)13-7-12(18)4-5-14(13)17/h2-7H,8,18H2,1H3. The topological polar surface area (TPSA) is 52.3 Å². The Labute approximate surface area is 115 Å². The van der Waals surface area contributed by atoms with Crippen LogP contribution in [-0.4, -0.2) is 5.97 Å². The summed E-state index contributed by atoms with van der Waals surface area (Å²) in [6.45, 7) is 1.64. The van der Waals surface area contributed by atoms with Crippen molar-refractivity contribution in [3.05, 3.63) is 64.7 Å². The number of aryl methyl sites for hydroxylation is 1. The molecule has 20 heavy (non-hydrogen) atoms. The summed E-state index contributed by atoms with van der Waals surface area (Å²) in [6.07, 6.45) is 0. The number of nitrogens with two attached hydrogens (primary N) is 1. The highest BCUT2D eigenvalue weighted by molar-refractivity contribution is 5.90. The van der Waals surface area contributed by atoms with Crippen molar-refractivity contribution in [2.75, 3.05) is 5.73 Å². The van der Waals surface area contributed by atoms with Gasteiger partial charge in [-0.05, 0) is 48.4 Å². The molecule has 0 amide bonds. The van der Waals surface area contributed by atoms with Gasteiger partial charge in [0.2, 0.25) is 0 Å². The van der Waals surface area contributed by atoms with Crippen LogP contribution in [0.4, 0.5) is 14.5 Å². The predicted octanol–water partition coefficient (Wildman–Crippen LogP) is 3.21. The Kier molecular flexibility index (Phi) is 3.98. The normalized spacial score (nSPS) is 10.3. The number of halogens is 2. The third-order valence-corrected chi connectivity index (χ3v) is 2.88. The Morgan fingerprint density at radius 2 is 1.95 bits per heavy atom. The lowest BCUT2D eigenvalue weighted by Crippen LogP contribution is -2.09. The molecule has 2 N–H and O–H groups in total. The van der Waals surface area contributed by atoms with Gasteiger partial charge in [0, 0.05) is 5.69 Å². The van der Waals surface area contributed by atoms with Gasteiger partial charge in [-0.25, -0.2) is 13.6 Å². The number of rotatable bonds is 3. The molecule has 0 spiro atoms. The van der Waals surface area contributed by atoms with Gasteiger partial charge in [0.1, 0.15) is 18.2 Å². The fourth-order valence-electron chi connectivity index (χ4n) is 1.72. The van der Waals surface area contributed by atoms with E-state index in [1.807, 2.05) is 0 Å². The number of benzene rings is 2. The number of hydrogen-bond acceptors (Lipinski definition) is 3. The molecule has 0 heterocycles. The predicted molar refractivity (Wildman–Crippen MR) is 71.1 cm³/mol. The largest absolute Gasteiger partial charge is 0.457 e. The van der Waals surface area contributed by atoms with E-state index in [0.29, 0.717) is 5.56 Å². The van der Waals surface area contributed by atoms with Crippen molar-refractivity contribution in [1.29, 1.82) is 0 Å². The smallest absolute Gasteiger partial charge is 0.341 e. The minimum atomic E-state index is -0.835. The SMILES string of the molecule is Cc1ccc(F)cc1COC(=O)c1cc(N)ccc1F. The highest BCUT2D eigenvalue weighted by atomic mass is 19.1. The maximum Gasteiger partial charge on any atom is 0.341 e. The van der Waals surface area contributed by atoms with Crippen LogP contribution in [0.2, 0.25) is 0 Å². The average molecular weight is 277 g/mol. The van der Waals surface area contributed by atoms with Gasteiger partial charge in [-0.15, -0.1) is 0 Å². The Morgan fingerprint density at radius 1 is 1.20 bits per heavy atom. The number of hydrogen-bond donors (Lipinski definition) is 1. The zero-order valence-corrected chi connectivity index (χ0v) is 10.8. The van der Waals surface area contributed by atoms with Crippen molar-refractivity contribution in [3.8, 4) is 0 Å². The van der Waals surface area contributed by atoms with E-state index < -0.39 is 17.6 Å². The molecule has 0 radical (unpaired) electrons. The number of anilines is 1. The van der Waals surface area contributed by atoms with Crippen LogP contribution in [0.25, 0.3) is 0 Å². The quantitative estimate of drug-likeness (QED) is 0.692. The molecule has 0 atom stereocenters. The van der Waals surface area contributed by atoms with E-state index in [1.54, 1.807) is 13.0 Å². The Bertz CT molecular complexity index is 656. The number of carbonyl (C=O) groups is 1. The van der Waals surface area contributed by atoms with Crippen molar-refractivity contribution in [1.82, 2.24) is 0 Å². The van der Waals surface area contributed by atoms with Crippen molar-refractivity contribution in [3.63, 3.8) is 0 Å². The molecule has 104 valence electrons. The third-order valence-electron chi connectivity index (χ3n) is 2.88. The highest BCUT2D eigenvalue weighted by Crippen LogP contribution is 2.16. The summed E-state index contributed by atoms with van der Waals surface area (Å²) in [4.78, 5) is 11.8. The minimum absolute atomic E-state index is 0.128. The van der Waals surface area contributed by atoms with Crippen molar-refractivity contribution < 1.29 is 18.3 Å². The fourth-order valence-corrected chi connectivity index (χ4v) is 1.72. The first kappa shape index (κ1) is 14.0. The van der Waals surface area contributed by atoms with E-state index in [-0.39, 0.29) is 17.9 Å². The number of carbonyl (C=O) groups excluding carboxylic acids is 1. The number of nitrogen functional groups attached to an aromatic ring is 1. The van der Waals surface area contributed by atoms with Gasteiger partial charge in [-0.3, -0.25) is 0 Å². The Hall–Kier alpha value is -2.43. The molecule has 2 rings (SSSR count). The van der Waals surface area contributed by atoms with Crippen LogP contribution >= 0.6 is 0 Å². The molecule has 0 unspecified atom stereocenters. The van der Waals surface area contributed by atoms with E-state index in [9.17, 15) is 13.6 Å². The van der Waals surface area contributed by atoms with Crippen LogP contribution in [0.1, 0.15) is 21.5 Å². The highest BCUT2D eigenvalue weighted by Gasteiger charge is 2.14. The average Bonchev–Trinajstić information content (AvgIpc) is 2.42. The summed E-state index contributed by atoms with van der Waals surface area (Å²) < 4.78 is 31.6. The second-order valence-corrected chi connectivity index (χ2v) is 4.39. The van der Waals surface area contributed by atoms with E-state index >= 15 is 0 Å². The van der Waals surface area contributed by atoms with E-state index in [0.717, 1.165) is 11.6 Å². The molecule has 2 aromatic rings. The number of esters is 1. The van der Waals surface area contributed by atoms with Gasteiger partial charge in [0.25, 0.3) is 0 Å². The maximum atomic E-state index is 13.5. The molecule has 0 bridgehead atoms. The van der Waals surface area contributed by atoms with Crippen LogP contribution in [0.5, 0.6) is 0 Å². The molecule has 0 aliphatic carbocycles. The molecule has 0 aliphatic rings. The van der Waals surface area contributed by atoms with Crippen LogP contribution < -0.4 is 5.73 Å². The third kappa shape index (κ3) is 3.12. The van der Waals surface area contributed by atoms with Gasteiger partial charge in [-0.1, -0.05) is 6.07 Å². The summed E-state index contributed by atoms with van der Waals surface area (Å²) in [7, 11) is 0. The molecular formula is C15H13F2NO2. The van der Waals surface area contributed by atoms with Gasteiger partial charge in [-0.2, -0.15) is 0 Å². The lowest BCUT2D eigenvalue weighted by molar-refractivity contribution is 0.0466. The van der Waals surface area contributed by atoms with Crippen LogP contribution in [0.3, 0.4) is 0 Å². The molecule has 5 heteroatoms.